The molecule has 1 saturated carbocycles. The van der Waals surface area contributed by atoms with Crippen LogP contribution in [0.3, 0.4) is 0 Å². The van der Waals surface area contributed by atoms with Crippen molar-refractivity contribution in [2.24, 2.45) is 13.0 Å². The molecule has 0 unspecified atom stereocenters. The molecule has 1 aromatic rings. The van der Waals surface area contributed by atoms with Crippen LogP contribution in [0.5, 0.6) is 0 Å². The van der Waals surface area contributed by atoms with Gasteiger partial charge in [0.15, 0.2) is 5.03 Å². The summed E-state index contributed by atoms with van der Waals surface area (Å²) in [7, 11) is -1.85. The van der Waals surface area contributed by atoms with Crippen LogP contribution in [0.1, 0.15) is 25.7 Å². The monoisotopic (exact) mass is 342 g/mol. The highest BCUT2D eigenvalue weighted by Crippen LogP contribution is 2.29. The summed E-state index contributed by atoms with van der Waals surface area (Å²) in [5, 5.41) is 4.16. The van der Waals surface area contributed by atoms with Gasteiger partial charge < -0.3 is 4.74 Å². The predicted molar refractivity (Wildman–Crippen MR) is 86.5 cm³/mol. The molecule has 0 amide bonds. The van der Waals surface area contributed by atoms with E-state index in [-0.39, 0.29) is 5.03 Å². The fraction of sp³-hybridized carbons (Fsp3) is 0.800. The highest BCUT2D eigenvalue weighted by Gasteiger charge is 2.32. The summed E-state index contributed by atoms with van der Waals surface area (Å²) in [6, 6.07) is 1.99. The van der Waals surface area contributed by atoms with Crippen LogP contribution in [0.15, 0.2) is 17.3 Å². The van der Waals surface area contributed by atoms with Crippen LogP contribution >= 0.6 is 0 Å². The summed E-state index contributed by atoms with van der Waals surface area (Å²) in [6.45, 7) is 3.97. The summed E-state index contributed by atoms with van der Waals surface area (Å²) in [5.41, 5.74) is 0. The van der Waals surface area contributed by atoms with Crippen LogP contribution < -0.4 is 4.72 Å². The third kappa shape index (κ3) is 3.93. The molecular weight excluding hydrogens is 316 g/mol. The van der Waals surface area contributed by atoms with E-state index >= 15 is 0 Å². The van der Waals surface area contributed by atoms with Gasteiger partial charge in [-0.15, -0.1) is 0 Å². The molecule has 0 aromatic carbocycles. The van der Waals surface area contributed by atoms with Crippen LogP contribution in [0.25, 0.3) is 0 Å². The zero-order chi connectivity index (χ0) is 16.3. The average Bonchev–Trinajstić information content (AvgIpc) is 3.01. The maximum Gasteiger partial charge on any atom is 0.257 e. The smallest absolute Gasteiger partial charge is 0.257 e. The number of aromatic nitrogens is 2. The summed E-state index contributed by atoms with van der Waals surface area (Å²) in [4.78, 5) is 2.48. The Morgan fingerprint density at radius 1 is 1.30 bits per heavy atom. The van der Waals surface area contributed by atoms with Crippen molar-refractivity contribution >= 4 is 10.0 Å². The van der Waals surface area contributed by atoms with Gasteiger partial charge in [-0.25, -0.2) is 13.1 Å². The van der Waals surface area contributed by atoms with Gasteiger partial charge >= 0.3 is 0 Å². The van der Waals surface area contributed by atoms with E-state index in [2.05, 4.69) is 14.7 Å². The van der Waals surface area contributed by atoms with Crippen molar-refractivity contribution in [1.29, 1.82) is 0 Å². The summed E-state index contributed by atoms with van der Waals surface area (Å²) < 4.78 is 34.5. The summed E-state index contributed by atoms with van der Waals surface area (Å²) in [6.07, 6.45) is 6.14. The Morgan fingerprint density at radius 3 is 2.74 bits per heavy atom. The number of sulfonamides is 1. The van der Waals surface area contributed by atoms with Gasteiger partial charge in [-0.3, -0.25) is 9.58 Å². The lowest BCUT2D eigenvalue weighted by Crippen LogP contribution is -2.50. The molecule has 7 nitrogen and oxygen atoms in total. The van der Waals surface area contributed by atoms with Crippen LogP contribution in [-0.2, 0) is 21.8 Å². The fourth-order valence-electron chi connectivity index (χ4n) is 3.73. The van der Waals surface area contributed by atoms with Gasteiger partial charge in [-0.2, -0.15) is 5.10 Å². The molecule has 0 bridgehead atoms. The Labute approximate surface area is 138 Å². The minimum absolute atomic E-state index is 0.219. The van der Waals surface area contributed by atoms with Gasteiger partial charge in [0.05, 0.1) is 19.4 Å². The minimum atomic E-state index is -3.49. The zero-order valence-corrected chi connectivity index (χ0v) is 14.5. The molecule has 1 aliphatic carbocycles. The SMILES string of the molecule is Cn1nccc1S(=O)(=O)NC[C@@H]1CCCC[C@@H]1N1CCOCC1. The summed E-state index contributed by atoms with van der Waals surface area (Å²) in [5.74, 6) is 0.366. The molecule has 1 saturated heterocycles. The Hall–Kier alpha value is -0.960. The first-order chi connectivity index (χ1) is 11.1. The number of rotatable bonds is 5. The molecule has 8 heteroatoms. The van der Waals surface area contributed by atoms with Crippen LogP contribution in [-0.4, -0.2) is 62.0 Å². The van der Waals surface area contributed by atoms with Crippen molar-refractivity contribution in [2.45, 2.75) is 36.8 Å². The lowest BCUT2D eigenvalue weighted by atomic mass is 9.83. The highest BCUT2D eigenvalue weighted by atomic mass is 32.2. The fourth-order valence-corrected chi connectivity index (χ4v) is 4.95. The van der Waals surface area contributed by atoms with E-state index in [1.165, 1.54) is 29.8 Å². The van der Waals surface area contributed by atoms with E-state index in [0.29, 0.717) is 18.5 Å². The molecule has 0 radical (unpaired) electrons. The first-order valence-corrected chi connectivity index (χ1v) is 9.86. The molecule has 2 heterocycles. The number of aryl methyl sites for hydroxylation is 1. The number of ether oxygens (including phenoxy) is 1. The maximum atomic E-state index is 12.4. The van der Waals surface area contributed by atoms with E-state index in [9.17, 15) is 8.42 Å². The predicted octanol–water partition coefficient (Wildman–Crippen LogP) is 0.589. The molecule has 130 valence electrons. The van der Waals surface area contributed by atoms with Gasteiger partial charge in [0.25, 0.3) is 10.0 Å². The molecule has 2 atom stereocenters. The van der Waals surface area contributed by atoms with Gasteiger partial charge in [0.1, 0.15) is 0 Å². The number of nitrogens with one attached hydrogen (secondary N) is 1. The molecule has 23 heavy (non-hydrogen) atoms. The third-order valence-electron chi connectivity index (χ3n) is 4.97. The maximum absolute atomic E-state index is 12.4. The topological polar surface area (TPSA) is 76.5 Å². The second kappa shape index (κ2) is 7.29. The number of hydrogen-bond donors (Lipinski definition) is 1. The molecule has 2 fully saturated rings. The number of nitrogens with zero attached hydrogens (tertiary/aromatic N) is 3. The third-order valence-corrected chi connectivity index (χ3v) is 6.47. The summed E-state index contributed by atoms with van der Waals surface area (Å²) >= 11 is 0. The molecule has 2 aliphatic rings. The Kier molecular flexibility index (Phi) is 5.35. The van der Waals surface area contributed by atoms with E-state index in [1.54, 1.807) is 7.05 Å². The van der Waals surface area contributed by atoms with E-state index in [0.717, 1.165) is 39.1 Å². The first-order valence-electron chi connectivity index (χ1n) is 8.37. The van der Waals surface area contributed by atoms with Crippen molar-refractivity contribution in [1.82, 2.24) is 19.4 Å². The average molecular weight is 342 g/mol. The Bertz CT molecular complexity index is 610. The van der Waals surface area contributed by atoms with E-state index in [4.69, 9.17) is 4.74 Å². The largest absolute Gasteiger partial charge is 0.379 e. The van der Waals surface area contributed by atoms with Crippen molar-refractivity contribution < 1.29 is 13.2 Å². The number of hydrogen-bond acceptors (Lipinski definition) is 5. The van der Waals surface area contributed by atoms with Crippen LogP contribution in [0, 0.1) is 5.92 Å². The lowest BCUT2D eigenvalue weighted by molar-refractivity contribution is -0.00645. The second-order valence-electron chi connectivity index (χ2n) is 6.41. The Balaban J connectivity index is 1.64. The van der Waals surface area contributed by atoms with Crippen LogP contribution in [0.4, 0.5) is 0 Å². The van der Waals surface area contributed by atoms with E-state index < -0.39 is 10.0 Å². The van der Waals surface area contributed by atoms with Crippen LogP contribution in [0.2, 0.25) is 0 Å². The molecule has 1 aromatic heterocycles. The lowest BCUT2D eigenvalue weighted by Gasteiger charge is -2.41. The van der Waals surface area contributed by atoms with E-state index in [1.807, 2.05) is 0 Å². The zero-order valence-electron chi connectivity index (χ0n) is 13.6. The standard InChI is InChI=1S/C15H26N4O3S/c1-18-15(6-7-16-18)23(20,21)17-12-13-4-2-3-5-14(13)19-8-10-22-11-9-19/h6-7,13-14,17H,2-5,8-12H2,1H3/t13-,14-/m0/s1. The van der Waals surface area contributed by atoms with Crippen molar-refractivity contribution in [3.63, 3.8) is 0 Å². The second-order valence-corrected chi connectivity index (χ2v) is 8.12. The van der Waals surface area contributed by atoms with Gasteiger partial charge in [-0.05, 0) is 24.8 Å². The minimum Gasteiger partial charge on any atom is -0.379 e. The van der Waals surface area contributed by atoms with Crippen molar-refractivity contribution in [2.75, 3.05) is 32.8 Å². The van der Waals surface area contributed by atoms with Gasteiger partial charge in [0, 0.05) is 32.7 Å². The first kappa shape index (κ1) is 16.9. The van der Waals surface area contributed by atoms with Gasteiger partial charge in [0.2, 0.25) is 0 Å². The molecule has 1 aliphatic heterocycles. The Morgan fingerprint density at radius 2 is 2.04 bits per heavy atom. The molecule has 0 spiro atoms. The van der Waals surface area contributed by atoms with Crippen molar-refractivity contribution in [3.8, 4) is 0 Å². The van der Waals surface area contributed by atoms with Gasteiger partial charge in [-0.1, -0.05) is 12.8 Å². The highest BCUT2D eigenvalue weighted by molar-refractivity contribution is 7.89. The number of morpholine rings is 1. The molecule has 3 rings (SSSR count). The quantitative estimate of drug-likeness (QED) is 0.847. The molecular formula is C15H26N4O3S. The normalized spacial score (nSPS) is 27.2. The van der Waals surface area contributed by atoms with Crippen molar-refractivity contribution in [3.05, 3.63) is 12.3 Å². The molecule has 1 N–H and O–H groups in total.